The summed E-state index contributed by atoms with van der Waals surface area (Å²) in [7, 11) is 0. The fourth-order valence-electron chi connectivity index (χ4n) is 1.27. The standard InChI is InChI=1S/C9H14/c1-8-5-4-6-9(2,3)7-8/h4-5,7H,6H2,1-3H3. The van der Waals surface area contributed by atoms with Crippen LogP contribution in [0.3, 0.4) is 0 Å². The molecule has 0 saturated heterocycles. The van der Waals surface area contributed by atoms with Gasteiger partial charge in [-0.05, 0) is 18.8 Å². The lowest BCUT2D eigenvalue weighted by Crippen LogP contribution is -2.08. The van der Waals surface area contributed by atoms with Crippen LogP contribution in [0.4, 0.5) is 0 Å². The highest BCUT2D eigenvalue weighted by atomic mass is 14.2. The average Bonchev–Trinajstić information content (AvgIpc) is 1.60. The molecule has 0 atom stereocenters. The number of allylic oxidation sites excluding steroid dienone is 4. The van der Waals surface area contributed by atoms with Crippen molar-refractivity contribution in [2.75, 3.05) is 0 Å². The minimum atomic E-state index is 0.402. The van der Waals surface area contributed by atoms with Crippen molar-refractivity contribution >= 4 is 0 Å². The van der Waals surface area contributed by atoms with E-state index in [1.165, 1.54) is 12.0 Å². The van der Waals surface area contributed by atoms with Gasteiger partial charge in [-0.15, -0.1) is 0 Å². The summed E-state index contributed by atoms with van der Waals surface area (Å²) in [5.41, 5.74) is 1.80. The second-order valence-electron chi connectivity index (χ2n) is 3.48. The molecule has 0 aromatic rings. The first-order valence-corrected chi connectivity index (χ1v) is 3.46. The van der Waals surface area contributed by atoms with Crippen LogP contribution in [-0.4, -0.2) is 0 Å². The Labute approximate surface area is 57.3 Å². The van der Waals surface area contributed by atoms with Gasteiger partial charge in [0, 0.05) is 0 Å². The predicted octanol–water partition coefficient (Wildman–Crippen LogP) is 2.92. The molecular weight excluding hydrogens is 108 g/mol. The maximum Gasteiger partial charge on any atom is -0.0135 e. The van der Waals surface area contributed by atoms with Crippen molar-refractivity contribution in [3.05, 3.63) is 23.8 Å². The Bertz CT molecular complexity index is 159. The lowest BCUT2D eigenvalue weighted by Gasteiger charge is -2.21. The van der Waals surface area contributed by atoms with Crippen LogP contribution in [0.25, 0.3) is 0 Å². The van der Waals surface area contributed by atoms with Gasteiger partial charge in [0.05, 0.1) is 0 Å². The molecule has 0 saturated carbocycles. The van der Waals surface area contributed by atoms with E-state index in [4.69, 9.17) is 0 Å². The van der Waals surface area contributed by atoms with Crippen LogP contribution in [-0.2, 0) is 0 Å². The van der Waals surface area contributed by atoms with Gasteiger partial charge in [0.1, 0.15) is 0 Å². The molecule has 0 aliphatic heterocycles. The van der Waals surface area contributed by atoms with E-state index >= 15 is 0 Å². The molecule has 1 rings (SSSR count). The molecule has 9 heavy (non-hydrogen) atoms. The van der Waals surface area contributed by atoms with Crippen LogP contribution in [0.15, 0.2) is 23.8 Å². The van der Waals surface area contributed by atoms with E-state index in [-0.39, 0.29) is 0 Å². The van der Waals surface area contributed by atoms with Gasteiger partial charge < -0.3 is 0 Å². The third-order valence-electron chi connectivity index (χ3n) is 1.64. The molecule has 0 radical (unpaired) electrons. The quantitative estimate of drug-likeness (QED) is 0.463. The normalized spacial score (nSPS) is 23.7. The first kappa shape index (κ1) is 6.60. The molecular formula is C9H14. The molecule has 1 aliphatic rings. The molecule has 0 heteroatoms. The number of hydrogen-bond donors (Lipinski definition) is 0. The van der Waals surface area contributed by atoms with Gasteiger partial charge in [0.25, 0.3) is 0 Å². The van der Waals surface area contributed by atoms with E-state index in [2.05, 4.69) is 39.0 Å². The van der Waals surface area contributed by atoms with E-state index < -0.39 is 0 Å². The van der Waals surface area contributed by atoms with E-state index in [1.807, 2.05) is 0 Å². The van der Waals surface area contributed by atoms with Crippen LogP contribution in [0.5, 0.6) is 0 Å². The average molecular weight is 122 g/mol. The largest absolute Gasteiger partial charge is 0.0834 e. The molecule has 0 fully saturated rings. The lowest BCUT2D eigenvalue weighted by atomic mass is 9.84. The Morgan fingerprint density at radius 1 is 1.44 bits per heavy atom. The van der Waals surface area contributed by atoms with Crippen LogP contribution in [0.1, 0.15) is 27.2 Å². The smallest absolute Gasteiger partial charge is 0.0135 e. The molecule has 0 spiro atoms. The molecule has 0 heterocycles. The zero-order valence-corrected chi connectivity index (χ0v) is 6.44. The van der Waals surface area contributed by atoms with E-state index in [1.54, 1.807) is 0 Å². The SMILES string of the molecule is CC1=CC(C)(C)CC=C1. The summed E-state index contributed by atoms with van der Waals surface area (Å²) in [5.74, 6) is 0. The second kappa shape index (κ2) is 2.02. The van der Waals surface area contributed by atoms with E-state index in [0.29, 0.717) is 5.41 Å². The molecule has 0 bridgehead atoms. The third-order valence-corrected chi connectivity index (χ3v) is 1.64. The van der Waals surface area contributed by atoms with Crippen molar-refractivity contribution < 1.29 is 0 Å². The van der Waals surface area contributed by atoms with Crippen molar-refractivity contribution in [1.29, 1.82) is 0 Å². The van der Waals surface area contributed by atoms with Gasteiger partial charge >= 0.3 is 0 Å². The van der Waals surface area contributed by atoms with Crippen LogP contribution in [0, 0.1) is 5.41 Å². The summed E-state index contributed by atoms with van der Waals surface area (Å²) < 4.78 is 0. The summed E-state index contributed by atoms with van der Waals surface area (Å²) in [6.07, 6.45) is 7.94. The van der Waals surface area contributed by atoms with Crippen LogP contribution in [0.2, 0.25) is 0 Å². The van der Waals surface area contributed by atoms with Crippen LogP contribution >= 0.6 is 0 Å². The summed E-state index contributed by atoms with van der Waals surface area (Å²) >= 11 is 0. The van der Waals surface area contributed by atoms with Crippen molar-refractivity contribution in [1.82, 2.24) is 0 Å². The maximum atomic E-state index is 2.33. The van der Waals surface area contributed by atoms with Gasteiger partial charge in [-0.1, -0.05) is 37.6 Å². The first-order valence-electron chi connectivity index (χ1n) is 3.46. The number of hydrogen-bond acceptors (Lipinski definition) is 0. The van der Waals surface area contributed by atoms with Gasteiger partial charge in [0.15, 0.2) is 0 Å². The molecule has 0 N–H and O–H groups in total. The van der Waals surface area contributed by atoms with Gasteiger partial charge in [-0.2, -0.15) is 0 Å². The summed E-state index contributed by atoms with van der Waals surface area (Å²) in [6.45, 7) is 6.68. The molecule has 1 aliphatic carbocycles. The zero-order valence-electron chi connectivity index (χ0n) is 6.44. The summed E-state index contributed by atoms with van der Waals surface area (Å²) in [5, 5.41) is 0. The molecule has 0 nitrogen and oxygen atoms in total. The summed E-state index contributed by atoms with van der Waals surface area (Å²) in [6, 6.07) is 0. The van der Waals surface area contributed by atoms with E-state index in [9.17, 15) is 0 Å². The van der Waals surface area contributed by atoms with Crippen molar-refractivity contribution in [2.24, 2.45) is 5.41 Å². The topological polar surface area (TPSA) is 0 Å². The Kier molecular flexibility index (Phi) is 1.48. The van der Waals surface area contributed by atoms with Gasteiger partial charge in [-0.3, -0.25) is 0 Å². The van der Waals surface area contributed by atoms with E-state index in [0.717, 1.165) is 0 Å². The van der Waals surface area contributed by atoms with Crippen molar-refractivity contribution in [2.45, 2.75) is 27.2 Å². The number of rotatable bonds is 0. The summed E-state index contributed by atoms with van der Waals surface area (Å²) in [4.78, 5) is 0. The molecule has 0 aromatic carbocycles. The highest BCUT2D eigenvalue weighted by Crippen LogP contribution is 2.28. The van der Waals surface area contributed by atoms with Crippen molar-refractivity contribution in [3.63, 3.8) is 0 Å². The Balaban J connectivity index is 2.78. The molecule has 0 unspecified atom stereocenters. The highest BCUT2D eigenvalue weighted by Gasteiger charge is 2.14. The monoisotopic (exact) mass is 122 g/mol. The Hall–Kier alpha value is -0.520. The third kappa shape index (κ3) is 1.70. The molecule has 0 aromatic heterocycles. The van der Waals surface area contributed by atoms with Crippen LogP contribution < -0.4 is 0 Å². The minimum absolute atomic E-state index is 0.402. The fourth-order valence-corrected chi connectivity index (χ4v) is 1.27. The lowest BCUT2D eigenvalue weighted by molar-refractivity contribution is 0.480. The maximum absolute atomic E-state index is 2.33. The Morgan fingerprint density at radius 2 is 2.11 bits per heavy atom. The second-order valence-corrected chi connectivity index (χ2v) is 3.48. The first-order chi connectivity index (χ1) is 4.10. The highest BCUT2D eigenvalue weighted by molar-refractivity contribution is 5.23. The fraction of sp³-hybridized carbons (Fsp3) is 0.556. The zero-order chi connectivity index (χ0) is 6.91. The Morgan fingerprint density at radius 3 is 2.44 bits per heavy atom. The molecule has 0 amide bonds. The van der Waals surface area contributed by atoms with Gasteiger partial charge in [-0.25, -0.2) is 0 Å². The molecule has 50 valence electrons. The van der Waals surface area contributed by atoms with Crippen molar-refractivity contribution in [3.8, 4) is 0 Å². The minimum Gasteiger partial charge on any atom is -0.0834 e. The predicted molar refractivity (Wildman–Crippen MR) is 41.3 cm³/mol. The van der Waals surface area contributed by atoms with Gasteiger partial charge in [0.2, 0.25) is 0 Å².